The highest BCUT2D eigenvalue weighted by Crippen LogP contribution is 2.08. The van der Waals surface area contributed by atoms with Crippen molar-refractivity contribution < 1.29 is 9.53 Å². The maximum atomic E-state index is 10.8. The van der Waals surface area contributed by atoms with Crippen LogP contribution in [0.3, 0.4) is 0 Å². The minimum atomic E-state index is -0.306. The van der Waals surface area contributed by atoms with E-state index in [4.69, 9.17) is 0 Å². The molecule has 0 aromatic heterocycles. The summed E-state index contributed by atoms with van der Waals surface area (Å²) in [6.07, 6.45) is 0.576. The van der Waals surface area contributed by atoms with E-state index in [1.54, 1.807) is 0 Å². The van der Waals surface area contributed by atoms with Gasteiger partial charge in [0, 0.05) is 6.42 Å². The van der Waals surface area contributed by atoms with Gasteiger partial charge in [-0.3, -0.25) is 5.43 Å². The largest absolute Gasteiger partial charge is 0.467 e. The lowest BCUT2D eigenvalue weighted by atomic mass is 10.2. The summed E-state index contributed by atoms with van der Waals surface area (Å²) < 4.78 is 5.24. The van der Waals surface area contributed by atoms with E-state index in [1.807, 2.05) is 0 Å². The van der Waals surface area contributed by atoms with E-state index in [-0.39, 0.29) is 12.0 Å². The molecule has 0 radical (unpaired) electrons. The molecule has 1 rings (SSSR count). The molecule has 4 nitrogen and oxygen atoms in total. The lowest BCUT2D eigenvalue weighted by Crippen LogP contribution is -2.30. The summed E-state index contributed by atoms with van der Waals surface area (Å²) in [5.74, 6) is -0.279. The first-order chi connectivity index (χ1) is 4.74. The zero-order valence-electron chi connectivity index (χ0n) is 5.43. The molecule has 0 saturated carbocycles. The molecule has 1 heterocycles. The molecule has 0 bridgehead atoms. The Bertz CT molecular complexity index is 180. The number of hydrazone groups is 1. The lowest BCUT2D eigenvalue weighted by molar-refractivity contribution is -0.142. The second-order valence-electron chi connectivity index (χ2n) is 1.90. The maximum absolute atomic E-state index is 10.8. The Morgan fingerprint density at radius 2 is 2.70 bits per heavy atom. The van der Waals surface area contributed by atoms with E-state index in [0.29, 0.717) is 6.42 Å². The van der Waals surface area contributed by atoms with Gasteiger partial charge < -0.3 is 4.74 Å². The van der Waals surface area contributed by atoms with Crippen molar-refractivity contribution in [2.24, 2.45) is 5.10 Å². The van der Waals surface area contributed by atoms with Gasteiger partial charge in [0.2, 0.25) is 0 Å². The summed E-state index contributed by atoms with van der Waals surface area (Å²) in [6.45, 7) is 0. The molecule has 0 amide bonds. The van der Waals surface area contributed by atoms with Crippen LogP contribution in [0, 0.1) is 0 Å². The van der Waals surface area contributed by atoms with Crippen molar-refractivity contribution in [3.8, 4) is 0 Å². The van der Waals surface area contributed by atoms with Crippen LogP contribution in [0.4, 0.5) is 0 Å². The van der Waals surface area contributed by atoms with Crippen LogP contribution in [-0.4, -0.2) is 23.7 Å². The highest BCUT2D eigenvalue weighted by atomic mass is 79.9. The van der Waals surface area contributed by atoms with Crippen molar-refractivity contribution in [1.29, 1.82) is 0 Å². The summed E-state index contributed by atoms with van der Waals surface area (Å²) >= 11 is 3.16. The molecule has 0 aliphatic carbocycles. The fraction of sp³-hybridized carbons (Fsp3) is 0.600. The fourth-order valence-electron chi connectivity index (χ4n) is 0.686. The molecule has 1 unspecified atom stereocenters. The van der Waals surface area contributed by atoms with Gasteiger partial charge in [-0.15, -0.1) is 0 Å². The Hall–Kier alpha value is -0.580. The van der Waals surface area contributed by atoms with Crippen LogP contribution in [0.1, 0.15) is 6.42 Å². The molecule has 0 aromatic rings. The van der Waals surface area contributed by atoms with Crippen LogP contribution in [0.15, 0.2) is 5.10 Å². The Kier molecular flexibility index (Phi) is 2.26. The molecule has 0 spiro atoms. The summed E-state index contributed by atoms with van der Waals surface area (Å²) in [5.41, 5.74) is 2.62. The number of halogens is 1. The molecule has 56 valence electrons. The quantitative estimate of drug-likeness (QED) is 0.626. The SMILES string of the molecule is COC(=O)C1CC(Br)=NN1. The van der Waals surface area contributed by atoms with E-state index in [9.17, 15) is 4.79 Å². The highest BCUT2D eigenvalue weighted by Gasteiger charge is 2.24. The van der Waals surface area contributed by atoms with Crippen LogP contribution in [0.5, 0.6) is 0 Å². The second-order valence-corrected chi connectivity index (χ2v) is 2.81. The predicted molar refractivity (Wildman–Crippen MR) is 39.9 cm³/mol. The summed E-state index contributed by atoms with van der Waals surface area (Å²) in [5, 5.41) is 3.77. The first kappa shape index (κ1) is 7.53. The van der Waals surface area contributed by atoms with Crippen molar-refractivity contribution >= 4 is 26.5 Å². The topological polar surface area (TPSA) is 50.7 Å². The number of hydrogen-bond acceptors (Lipinski definition) is 4. The van der Waals surface area contributed by atoms with Crippen molar-refractivity contribution in [2.75, 3.05) is 7.11 Å². The van der Waals surface area contributed by atoms with E-state index < -0.39 is 0 Å². The van der Waals surface area contributed by atoms with Gasteiger partial charge in [0.1, 0.15) is 10.7 Å². The van der Waals surface area contributed by atoms with Crippen LogP contribution in [-0.2, 0) is 9.53 Å². The number of esters is 1. The summed E-state index contributed by atoms with van der Waals surface area (Å²) in [4.78, 5) is 10.8. The number of carbonyl (C=O) groups excluding carboxylic acids is 1. The molecular formula is C5H7BrN2O2. The molecule has 1 aliphatic heterocycles. The lowest BCUT2D eigenvalue weighted by Gasteiger charge is -2.04. The van der Waals surface area contributed by atoms with Crippen molar-refractivity contribution in [1.82, 2.24) is 5.43 Å². The third-order valence-corrected chi connectivity index (χ3v) is 1.70. The average molecular weight is 207 g/mol. The van der Waals surface area contributed by atoms with Gasteiger partial charge in [0.15, 0.2) is 0 Å². The Morgan fingerprint density at radius 1 is 2.00 bits per heavy atom. The summed E-state index contributed by atoms with van der Waals surface area (Å²) in [7, 11) is 1.36. The molecule has 0 saturated heterocycles. The number of carbonyl (C=O) groups is 1. The zero-order chi connectivity index (χ0) is 7.56. The Morgan fingerprint density at radius 3 is 3.10 bits per heavy atom. The maximum Gasteiger partial charge on any atom is 0.330 e. The van der Waals surface area contributed by atoms with Gasteiger partial charge in [0.05, 0.1) is 7.11 Å². The monoisotopic (exact) mass is 206 g/mol. The van der Waals surface area contributed by atoms with Crippen LogP contribution in [0.25, 0.3) is 0 Å². The molecule has 1 aliphatic rings. The van der Waals surface area contributed by atoms with E-state index in [1.165, 1.54) is 7.11 Å². The highest BCUT2D eigenvalue weighted by molar-refractivity contribution is 9.18. The zero-order valence-corrected chi connectivity index (χ0v) is 7.01. The minimum absolute atomic E-state index is 0.279. The predicted octanol–water partition coefficient (Wildman–Crippen LogP) is 0.230. The van der Waals surface area contributed by atoms with E-state index in [2.05, 4.69) is 31.2 Å². The van der Waals surface area contributed by atoms with Gasteiger partial charge in [-0.25, -0.2) is 4.79 Å². The van der Waals surface area contributed by atoms with Gasteiger partial charge in [-0.05, 0) is 15.9 Å². The van der Waals surface area contributed by atoms with Gasteiger partial charge in [0.25, 0.3) is 0 Å². The van der Waals surface area contributed by atoms with Crippen molar-refractivity contribution in [3.05, 3.63) is 0 Å². The summed E-state index contributed by atoms with van der Waals surface area (Å²) in [6, 6.07) is -0.306. The van der Waals surface area contributed by atoms with Crippen LogP contribution >= 0.6 is 15.9 Å². The molecule has 5 heteroatoms. The molecule has 0 aromatic carbocycles. The fourth-order valence-corrected chi connectivity index (χ4v) is 1.11. The average Bonchev–Trinajstić information content (AvgIpc) is 2.34. The normalized spacial score (nSPS) is 23.4. The smallest absolute Gasteiger partial charge is 0.330 e. The number of methoxy groups -OCH3 is 1. The number of hydrogen-bond donors (Lipinski definition) is 1. The van der Waals surface area contributed by atoms with Gasteiger partial charge >= 0.3 is 5.97 Å². The Balaban J connectivity index is 2.42. The van der Waals surface area contributed by atoms with Gasteiger partial charge in [-0.2, -0.15) is 5.10 Å². The second kappa shape index (κ2) is 3.01. The van der Waals surface area contributed by atoms with Crippen molar-refractivity contribution in [2.45, 2.75) is 12.5 Å². The Labute approximate surface area is 66.8 Å². The number of nitrogens with zero attached hydrogens (tertiary/aromatic N) is 1. The van der Waals surface area contributed by atoms with Crippen LogP contribution in [0.2, 0.25) is 0 Å². The number of nitrogens with one attached hydrogen (secondary N) is 1. The molecule has 0 fully saturated rings. The van der Waals surface area contributed by atoms with E-state index >= 15 is 0 Å². The standard InChI is InChI=1S/C5H7BrN2O2/c1-10-5(9)3-2-4(6)8-7-3/h3,7H,2H2,1H3. The number of rotatable bonds is 1. The van der Waals surface area contributed by atoms with Gasteiger partial charge in [-0.1, -0.05) is 0 Å². The van der Waals surface area contributed by atoms with E-state index in [0.717, 1.165) is 4.62 Å². The van der Waals surface area contributed by atoms with Crippen molar-refractivity contribution in [3.63, 3.8) is 0 Å². The number of ether oxygens (including phenoxy) is 1. The third-order valence-electron chi connectivity index (χ3n) is 1.20. The first-order valence-electron chi connectivity index (χ1n) is 2.79. The molecule has 1 atom stereocenters. The van der Waals surface area contributed by atoms with Crippen LogP contribution < -0.4 is 5.43 Å². The molecule has 10 heavy (non-hydrogen) atoms. The molecular weight excluding hydrogens is 200 g/mol. The first-order valence-corrected chi connectivity index (χ1v) is 3.58. The molecule has 1 N–H and O–H groups in total. The minimum Gasteiger partial charge on any atom is -0.467 e. The third kappa shape index (κ3) is 1.47.